The first-order valence-corrected chi connectivity index (χ1v) is 6.00. The fourth-order valence-electron chi connectivity index (χ4n) is 1.71. The molecule has 2 nitrogen and oxygen atoms in total. The van der Waals surface area contributed by atoms with Crippen molar-refractivity contribution >= 4 is 27.4 Å². The number of carboxylic acid groups (broad SMARTS) is 1. The molecule has 0 saturated carbocycles. The van der Waals surface area contributed by atoms with E-state index in [0.29, 0.717) is 9.58 Å². The minimum absolute atomic E-state index is 0.0752. The maximum Gasteiger partial charge on any atom is 0.417 e. The summed E-state index contributed by atoms with van der Waals surface area (Å²) in [7, 11) is 0. The van der Waals surface area contributed by atoms with Crippen LogP contribution in [0.5, 0.6) is 0 Å². The molecule has 0 aliphatic rings. The van der Waals surface area contributed by atoms with Crippen LogP contribution in [0.25, 0.3) is 10.1 Å². The minimum atomic E-state index is -4.38. The first-order valence-electron chi connectivity index (χ1n) is 5.18. The van der Waals surface area contributed by atoms with Crippen LogP contribution in [-0.2, 0) is 17.4 Å². The van der Waals surface area contributed by atoms with Crippen LogP contribution in [0.15, 0.2) is 24.3 Å². The Balaban J connectivity index is 2.42. The van der Waals surface area contributed by atoms with Crippen LogP contribution in [0, 0.1) is 0 Å². The van der Waals surface area contributed by atoms with Crippen molar-refractivity contribution in [2.75, 3.05) is 0 Å². The molecule has 0 amide bonds. The van der Waals surface area contributed by atoms with Crippen molar-refractivity contribution in [1.29, 1.82) is 0 Å². The Hall–Kier alpha value is -1.56. The topological polar surface area (TPSA) is 37.3 Å². The molecule has 96 valence electrons. The van der Waals surface area contributed by atoms with Crippen molar-refractivity contribution < 1.29 is 23.1 Å². The van der Waals surface area contributed by atoms with Crippen LogP contribution in [0.1, 0.15) is 16.9 Å². The van der Waals surface area contributed by atoms with Gasteiger partial charge in [0.15, 0.2) is 0 Å². The number of benzene rings is 1. The van der Waals surface area contributed by atoms with Crippen LogP contribution in [0.3, 0.4) is 0 Å². The molecule has 0 aliphatic carbocycles. The van der Waals surface area contributed by atoms with Gasteiger partial charge in [0.05, 0.1) is 12.0 Å². The maximum absolute atomic E-state index is 12.8. The first kappa shape index (κ1) is 12.9. The second-order valence-electron chi connectivity index (χ2n) is 3.82. The van der Waals surface area contributed by atoms with Gasteiger partial charge in [-0.3, -0.25) is 4.79 Å². The smallest absolute Gasteiger partial charge is 0.417 e. The lowest BCUT2D eigenvalue weighted by molar-refractivity contribution is -0.137. The molecule has 0 radical (unpaired) electrons. The van der Waals surface area contributed by atoms with Crippen molar-refractivity contribution in [1.82, 2.24) is 0 Å². The number of alkyl halides is 3. The van der Waals surface area contributed by atoms with Crippen molar-refractivity contribution in [2.24, 2.45) is 0 Å². The van der Waals surface area contributed by atoms with Crippen LogP contribution in [0.4, 0.5) is 13.2 Å². The van der Waals surface area contributed by atoms with Gasteiger partial charge in [0.25, 0.3) is 0 Å². The summed E-state index contributed by atoms with van der Waals surface area (Å²) in [6.07, 6.45) is -4.20. The zero-order valence-electron chi connectivity index (χ0n) is 9.12. The number of halogens is 3. The predicted molar refractivity (Wildman–Crippen MR) is 62.8 cm³/mol. The van der Waals surface area contributed by atoms with Crippen LogP contribution in [-0.4, -0.2) is 11.1 Å². The number of carboxylic acids is 1. The lowest BCUT2D eigenvalue weighted by Crippen LogP contribution is -2.04. The van der Waals surface area contributed by atoms with Gasteiger partial charge in [0, 0.05) is 15.0 Å². The molecule has 2 rings (SSSR count). The fraction of sp³-hybridized carbons (Fsp3) is 0.250. The van der Waals surface area contributed by atoms with Crippen molar-refractivity contribution in [3.63, 3.8) is 0 Å². The van der Waals surface area contributed by atoms with E-state index in [1.165, 1.54) is 23.5 Å². The summed E-state index contributed by atoms with van der Waals surface area (Å²) >= 11 is 1.21. The van der Waals surface area contributed by atoms with E-state index in [2.05, 4.69) is 0 Å². The molecule has 0 unspecified atom stereocenters. The Morgan fingerprint density at radius 1 is 1.33 bits per heavy atom. The molecule has 2 aromatic rings. The third kappa shape index (κ3) is 2.64. The van der Waals surface area contributed by atoms with Crippen LogP contribution >= 0.6 is 11.3 Å². The molecule has 0 aliphatic heterocycles. The molecule has 0 atom stereocenters. The first-order chi connectivity index (χ1) is 8.38. The number of aryl methyl sites for hydroxylation is 1. The van der Waals surface area contributed by atoms with E-state index < -0.39 is 17.7 Å². The molecule has 0 fully saturated rings. The Morgan fingerprint density at radius 3 is 2.67 bits per heavy atom. The molecule has 1 N–H and O–H groups in total. The summed E-state index contributed by atoms with van der Waals surface area (Å²) in [6, 6.07) is 5.45. The number of aliphatic carboxylic acids is 1. The van der Waals surface area contributed by atoms with E-state index in [0.717, 1.165) is 6.07 Å². The van der Waals surface area contributed by atoms with Gasteiger partial charge in [-0.25, -0.2) is 0 Å². The highest BCUT2D eigenvalue weighted by atomic mass is 32.1. The van der Waals surface area contributed by atoms with E-state index in [9.17, 15) is 18.0 Å². The molecule has 18 heavy (non-hydrogen) atoms. The molecular weight excluding hydrogens is 265 g/mol. The predicted octanol–water partition coefficient (Wildman–Crippen LogP) is 3.94. The molecule has 6 heteroatoms. The highest BCUT2D eigenvalue weighted by molar-refractivity contribution is 7.19. The zero-order valence-corrected chi connectivity index (χ0v) is 9.94. The van der Waals surface area contributed by atoms with Gasteiger partial charge in [-0.05, 0) is 24.6 Å². The monoisotopic (exact) mass is 274 g/mol. The van der Waals surface area contributed by atoms with Gasteiger partial charge in [0.2, 0.25) is 0 Å². The zero-order chi connectivity index (χ0) is 13.3. The van der Waals surface area contributed by atoms with Crippen molar-refractivity contribution in [3.05, 3.63) is 34.7 Å². The standard InChI is InChI=1S/C12H9F3O2S/c13-12(14,15)9-2-1-3-10-8(9)6-7(18-10)4-5-11(16)17/h1-3,6H,4-5H2,(H,16,17). The van der Waals surface area contributed by atoms with Gasteiger partial charge in [-0.1, -0.05) is 6.07 Å². The number of carbonyl (C=O) groups is 1. The number of hydrogen-bond acceptors (Lipinski definition) is 2. The molecule has 0 bridgehead atoms. The molecule has 0 spiro atoms. The lowest BCUT2D eigenvalue weighted by Gasteiger charge is -2.06. The highest BCUT2D eigenvalue weighted by Crippen LogP contribution is 2.38. The Bertz CT molecular complexity index is 587. The maximum atomic E-state index is 12.8. The minimum Gasteiger partial charge on any atom is -0.481 e. The van der Waals surface area contributed by atoms with Crippen LogP contribution in [0.2, 0.25) is 0 Å². The summed E-state index contributed by atoms with van der Waals surface area (Å²) in [5.74, 6) is -0.955. The van der Waals surface area contributed by atoms with Gasteiger partial charge in [-0.15, -0.1) is 11.3 Å². The summed E-state index contributed by atoms with van der Waals surface area (Å²) in [5, 5.41) is 8.71. The molecule has 1 aromatic heterocycles. The average molecular weight is 274 g/mol. The summed E-state index contributed by atoms with van der Waals surface area (Å²) in [4.78, 5) is 11.1. The molecule has 1 heterocycles. The largest absolute Gasteiger partial charge is 0.481 e. The fourth-order valence-corrected chi connectivity index (χ4v) is 2.80. The summed E-state index contributed by atoms with van der Waals surface area (Å²) in [6.45, 7) is 0. The van der Waals surface area contributed by atoms with E-state index in [-0.39, 0.29) is 18.2 Å². The third-order valence-electron chi connectivity index (χ3n) is 2.50. The van der Waals surface area contributed by atoms with Gasteiger partial charge >= 0.3 is 12.1 Å². The summed E-state index contributed by atoms with van der Waals surface area (Å²) in [5.41, 5.74) is -0.669. The normalized spacial score (nSPS) is 11.9. The van der Waals surface area contributed by atoms with Crippen molar-refractivity contribution in [3.8, 4) is 0 Å². The summed E-state index contributed by atoms with van der Waals surface area (Å²) < 4.78 is 38.8. The number of rotatable bonds is 3. The third-order valence-corrected chi connectivity index (χ3v) is 3.66. The quantitative estimate of drug-likeness (QED) is 0.920. The van der Waals surface area contributed by atoms with E-state index >= 15 is 0 Å². The van der Waals surface area contributed by atoms with E-state index in [1.54, 1.807) is 6.07 Å². The Labute approximate surface area is 105 Å². The Kier molecular flexibility index (Phi) is 3.30. The Morgan fingerprint density at radius 2 is 2.06 bits per heavy atom. The van der Waals surface area contributed by atoms with Crippen molar-refractivity contribution in [2.45, 2.75) is 19.0 Å². The SMILES string of the molecule is O=C(O)CCc1cc2c(C(F)(F)F)cccc2s1. The number of thiophene rings is 1. The van der Waals surface area contributed by atoms with Gasteiger partial charge in [-0.2, -0.15) is 13.2 Å². The number of fused-ring (bicyclic) bond motifs is 1. The molecule has 1 aromatic carbocycles. The van der Waals surface area contributed by atoms with Crippen LogP contribution < -0.4 is 0 Å². The lowest BCUT2D eigenvalue weighted by atomic mass is 10.1. The average Bonchev–Trinajstić information content (AvgIpc) is 2.66. The number of hydrogen-bond donors (Lipinski definition) is 1. The second kappa shape index (κ2) is 4.61. The highest BCUT2D eigenvalue weighted by Gasteiger charge is 2.32. The molecular formula is C12H9F3O2S. The van der Waals surface area contributed by atoms with E-state index in [4.69, 9.17) is 5.11 Å². The van der Waals surface area contributed by atoms with E-state index in [1.807, 2.05) is 0 Å². The van der Waals surface area contributed by atoms with Gasteiger partial charge < -0.3 is 5.11 Å². The second-order valence-corrected chi connectivity index (χ2v) is 4.99. The van der Waals surface area contributed by atoms with Gasteiger partial charge in [0.1, 0.15) is 0 Å². The molecule has 0 saturated heterocycles.